The second-order valence-corrected chi connectivity index (χ2v) is 5.58. The third kappa shape index (κ3) is 3.71. The van der Waals surface area contributed by atoms with E-state index in [0.29, 0.717) is 18.0 Å². The van der Waals surface area contributed by atoms with Crippen LogP contribution in [0.3, 0.4) is 0 Å². The molecule has 0 fully saturated rings. The van der Waals surface area contributed by atoms with E-state index in [1.807, 2.05) is 54.6 Å². The molecule has 128 valence electrons. The molecule has 0 aromatic heterocycles. The lowest BCUT2D eigenvalue weighted by molar-refractivity contribution is -0.143. The molecule has 1 atom stereocenters. The molecule has 25 heavy (non-hydrogen) atoms. The van der Waals surface area contributed by atoms with Crippen LogP contribution in [0.5, 0.6) is 5.75 Å². The second kappa shape index (κ2) is 7.66. The first-order valence-corrected chi connectivity index (χ1v) is 8.09. The van der Waals surface area contributed by atoms with Gasteiger partial charge in [0.25, 0.3) is 5.91 Å². The number of hydrogen-bond donors (Lipinski definition) is 0. The van der Waals surface area contributed by atoms with Crippen LogP contribution in [0.25, 0.3) is 0 Å². The molecule has 1 aliphatic rings. The Bertz CT molecular complexity index is 785. The topological polar surface area (TPSA) is 55.8 Å². The summed E-state index contributed by atoms with van der Waals surface area (Å²) in [4.78, 5) is 26.0. The van der Waals surface area contributed by atoms with Crippen LogP contribution in [-0.2, 0) is 14.3 Å². The van der Waals surface area contributed by atoms with E-state index in [2.05, 4.69) is 0 Å². The van der Waals surface area contributed by atoms with Gasteiger partial charge in [-0.3, -0.25) is 9.69 Å². The molecule has 1 amide bonds. The summed E-state index contributed by atoms with van der Waals surface area (Å²) >= 11 is 0. The lowest BCUT2D eigenvalue weighted by Gasteiger charge is -2.37. The van der Waals surface area contributed by atoms with Gasteiger partial charge in [0, 0.05) is 6.08 Å². The predicted molar refractivity (Wildman–Crippen MR) is 94.4 cm³/mol. The maximum absolute atomic E-state index is 12.8. The van der Waals surface area contributed by atoms with Crippen molar-refractivity contribution in [3.63, 3.8) is 0 Å². The number of allylic oxidation sites excluding steroid dienone is 1. The monoisotopic (exact) mass is 337 g/mol. The highest BCUT2D eigenvalue weighted by atomic mass is 16.5. The zero-order valence-electron chi connectivity index (χ0n) is 13.9. The zero-order chi connectivity index (χ0) is 17.6. The molecule has 5 nitrogen and oxygen atoms in total. The molecular weight excluding hydrogens is 318 g/mol. The van der Waals surface area contributed by atoms with Crippen LogP contribution in [0.15, 0.2) is 66.7 Å². The molecule has 0 saturated carbocycles. The van der Waals surface area contributed by atoms with Crippen molar-refractivity contribution >= 4 is 17.6 Å². The van der Waals surface area contributed by atoms with Gasteiger partial charge in [0.1, 0.15) is 12.4 Å². The molecule has 1 heterocycles. The van der Waals surface area contributed by atoms with Crippen molar-refractivity contribution in [1.82, 2.24) is 0 Å². The lowest BCUT2D eigenvalue weighted by atomic mass is 10.0. The number of carbonyl (C=O) groups excluding carboxylic acids is 2. The number of carbonyl (C=O) groups is 2. The Hall–Kier alpha value is -3.08. The minimum absolute atomic E-state index is 0.274. The summed E-state index contributed by atoms with van der Waals surface area (Å²) in [6.45, 7) is 1.74. The van der Waals surface area contributed by atoms with Crippen molar-refractivity contribution in [2.24, 2.45) is 0 Å². The van der Waals surface area contributed by atoms with Gasteiger partial charge in [0.15, 0.2) is 6.61 Å². The van der Waals surface area contributed by atoms with Crippen LogP contribution in [0.4, 0.5) is 5.69 Å². The van der Waals surface area contributed by atoms with Crippen LogP contribution in [0.1, 0.15) is 18.5 Å². The van der Waals surface area contributed by atoms with Crippen molar-refractivity contribution in [3.05, 3.63) is 72.3 Å². The van der Waals surface area contributed by atoms with E-state index >= 15 is 0 Å². The summed E-state index contributed by atoms with van der Waals surface area (Å²) < 4.78 is 10.9. The number of nitrogens with zero attached hydrogens (tertiary/aromatic N) is 1. The van der Waals surface area contributed by atoms with Gasteiger partial charge in [-0.1, -0.05) is 48.5 Å². The van der Waals surface area contributed by atoms with Gasteiger partial charge in [0.2, 0.25) is 0 Å². The number of para-hydroxylation sites is 2. The standard InChI is InChI=1S/C20H19NO4/c1-2-8-20(23)25-14-19(22)21-16-11-6-7-12-18(16)24-13-17(21)15-9-4-3-5-10-15/h2-12,17H,13-14H2,1H3/b8-2+/t17-/m0/s1. The average Bonchev–Trinajstić information content (AvgIpc) is 2.66. The number of hydrogen-bond acceptors (Lipinski definition) is 4. The number of esters is 1. The van der Waals surface area contributed by atoms with Crippen LogP contribution < -0.4 is 9.64 Å². The Labute approximate surface area is 146 Å². The molecule has 0 bridgehead atoms. The number of fused-ring (bicyclic) bond motifs is 1. The Morgan fingerprint density at radius 3 is 2.64 bits per heavy atom. The highest BCUT2D eigenvalue weighted by Crippen LogP contribution is 2.39. The maximum atomic E-state index is 12.8. The van der Waals surface area contributed by atoms with Gasteiger partial charge in [0.05, 0.1) is 11.7 Å². The van der Waals surface area contributed by atoms with Gasteiger partial charge in [-0.05, 0) is 24.6 Å². The number of benzene rings is 2. The minimum atomic E-state index is -0.534. The number of amides is 1. The summed E-state index contributed by atoms with van der Waals surface area (Å²) in [5.41, 5.74) is 1.64. The third-order valence-electron chi connectivity index (χ3n) is 3.93. The number of ether oxygens (including phenoxy) is 2. The molecule has 2 aromatic rings. The summed E-state index contributed by atoms with van der Waals surface area (Å²) in [6.07, 6.45) is 2.86. The molecule has 2 aromatic carbocycles. The van der Waals surface area contributed by atoms with Gasteiger partial charge in [-0.25, -0.2) is 4.79 Å². The van der Waals surface area contributed by atoms with Crippen molar-refractivity contribution in [2.75, 3.05) is 18.1 Å². The van der Waals surface area contributed by atoms with E-state index in [-0.39, 0.29) is 18.6 Å². The minimum Gasteiger partial charge on any atom is -0.489 e. The number of anilines is 1. The van der Waals surface area contributed by atoms with Gasteiger partial charge in [-0.15, -0.1) is 0 Å². The fourth-order valence-corrected chi connectivity index (χ4v) is 2.80. The molecule has 0 aliphatic carbocycles. The normalized spacial score (nSPS) is 16.2. The molecule has 1 aliphatic heterocycles. The van der Waals surface area contributed by atoms with E-state index in [4.69, 9.17) is 9.47 Å². The molecule has 3 rings (SSSR count). The summed E-state index contributed by atoms with van der Waals surface area (Å²) in [5.74, 6) is -0.182. The zero-order valence-corrected chi connectivity index (χ0v) is 13.9. The fraction of sp³-hybridized carbons (Fsp3) is 0.200. The molecular formula is C20H19NO4. The first-order chi connectivity index (χ1) is 12.2. The smallest absolute Gasteiger partial charge is 0.330 e. The molecule has 0 unspecified atom stereocenters. The average molecular weight is 337 g/mol. The molecule has 0 radical (unpaired) electrons. The SMILES string of the molecule is C/C=C/C(=O)OCC(=O)N1c2ccccc2OC[C@H]1c1ccccc1. The van der Waals surface area contributed by atoms with E-state index in [0.717, 1.165) is 5.56 Å². The Morgan fingerprint density at radius 2 is 1.88 bits per heavy atom. The van der Waals surface area contributed by atoms with Crippen molar-refractivity contribution in [1.29, 1.82) is 0 Å². The fourth-order valence-electron chi connectivity index (χ4n) is 2.80. The van der Waals surface area contributed by atoms with Crippen molar-refractivity contribution in [3.8, 4) is 5.75 Å². The molecule has 0 saturated heterocycles. The lowest BCUT2D eigenvalue weighted by Crippen LogP contribution is -2.43. The van der Waals surface area contributed by atoms with Gasteiger partial charge in [-0.2, -0.15) is 0 Å². The molecule has 0 N–H and O–H groups in total. The van der Waals surface area contributed by atoms with Gasteiger partial charge >= 0.3 is 5.97 Å². The van der Waals surface area contributed by atoms with Crippen LogP contribution >= 0.6 is 0 Å². The summed E-state index contributed by atoms with van der Waals surface area (Å²) in [5, 5.41) is 0. The van der Waals surface area contributed by atoms with Gasteiger partial charge < -0.3 is 9.47 Å². The first kappa shape index (κ1) is 16.8. The highest BCUT2D eigenvalue weighted by molar-refractivity contribution is 5.98. The van der Waals surface area contributed by atoms with E-state index in [9.17, 15) is 9.59 Å². The van der Waals surface area contributed by atoms with E-state index < -0.39 is 5.97 Å². The highest BCUT2D eigenvalue weighted by Gasteiger charge is 2.33. The molecule has 0 spiro atoms. The first-order valence-electron chi connectivity index (χ1n) is 8.09. The van der Waals surface area contributed by atoms with Crippen LogP contribution in [-0.4, -0.2) is 25.1 Å². The second-order valence-electron chi connectivity index (χ2n) is 5.58. The summed E-state index contributed by atoms with van der Waals surface area (Å²) in [7, 11) is 0. The quantitative estimate of drug-likeness (QED) is 0.635. The Balaban J connectivity index is 1.89. The van der Waals surface area contributed by atoms with E-state index in [1.165, 1.54) is 6.08 Å². The van der Waals surface area contributed by atoms with Crippen LogP contribution in [0.2, 0.25) is 0 Å². The Kier molecular flexibility index (Phi) is 5.14. The third-order valence-corrected chi connectivity index (χ3v) is 3.93. The molecule has 5 heteroatoms. The van der Waals surface area contributed by atoms with Crippen molar-refractivity contribution < 1.29 is 19.1 Å². The summed E-state index contributed by atoms with van der Waals surface area (Å²) in [6, 6.07) is 16.8. The maximum Gasteiger partial charge on any atom is 0.330 e. The Morgan fingerprint density at radius 1 is 1.16 bits per heavy atom. The number of rotatable bonds is 4. The predicted octanol–water partition coefficient (Wildman–Crippen LogP) is 3.27. The largest absolute Gasteiger partial charge is 0.489 e. The van der Waals surface area contributed by atoms with Crippen LogP contribution in [0, 0.1) is 0 Å². The van der Waals surface area contributed by atoms with Crippen molar-refractivity contribution in [2.45, 2.75) is 13.0 Å². The van der Waals surface area contributed by atoms with E-state index in [1.54, 1.807) is 17.9 Å².